The summed E-state index contributed by atoms with van der Waals surface area (Å²) < 4.78 is 1.79. The van der Waals surface area contributed by atoms with Crippen LogP contribution in [0.5, 0.6) is 0 Å². The molecule has 0 spiro atoms. The lowest BCUT2D eigenvalue weighted by Crippen LogP contribution is -2.12. The Labute approximate surface area is 160 Å². The van der Waals surface area contributed by atoms with Crippen LogP contribution in [0.15, 0.2) is 66.9 Å². The van der Waals surface area contributed by atoms with E-state index in [1.807, 2.05) is 67.6 Å². The molecule has 4 rings (SSSR count). The lowest BCUT2D eigenvalue weighted by atomic mass is 10.1. The van der Waals surface area contributed by atoms with Crippen molar-refractivity contribution in [2.24, 2.45) is 0 Å². The normalized spacial score (nSPS) is 10.7. The lowest BCUT2D eigenvalue weighted by Gasteiger charge is -2.02. The quantitative estimate of drug-likeness (QED) is 0.572. The molecule has 27 heavy (non-hydrogen) atoms. The van der Waals surface area contributed by atoms with Crippen molar-refractivity contribution in [1.82, 2.24) is 20.0 Å². The summed E-state index contributed by atoms with van der Waals surface area (Å²) in [4.78, 5) is 12.9. The van der Waals surface area contributed by atoms with Gasteiger partial charge in [-0.05, 0) is 12.5 Å². The molecule has 0 radical (unpaired) electrons. The third kappa shape index (κ3) is 3.93. The van der Waals surface area contributed by atoms with E-state index in [1.165, 1.54) is 11.3 Å². The molecule has 0 saturated heterocycles. The predicted octanol–water partition coefficient (Wildman–Crippen LogP) is 4.01. The summed E-state index contributed by atoms with van der Waals surface area (Å²) in [6.07, 6.45) is 1.78. The van der Waals surface area contributed by atoms with Crippen LogP contribution in [0.4, 0.5) is 5.13 Å². The number of hydrogen-bond acceptors (Lipinski definition) is 5. The summed E-state index contributed by atoms with van der Waals surface area (Å²) in [5.41, 5.74) is 3.16. The number of aromatic nitrogens is 4. The van der Waals surface area contributed by atoms with Crippen molar-refractivity contribution in [3.05, 3.63) is 83.0 Å². The van der Waals surface area contributed by atoms with Crippen LogP contribution in [0.3, 0.4) is 0 Å². The first-order chi connectivity index (χ1) is 13.2. The monoisotopic (exact) mass is 375 g/mol. The summed E-state index contributed by atoms with van der Waals surface area (Å²) in [7, 11) is 0. The number of aryl methyl sites for hydroxylation is 1. The van der Waals surface area contributed by atoms with Crippen LogP contribution in [-0.2, 0) is 6.54 Å². The number of nitrogens with one attached hydrogen (secondary N) is 1. The van der Waals surface area contributed by atoms with Crippen molar-refractivity contribution < 1.29 is 4.79 Å². The molecule has 2 aromatic heterocycles. The Kier molecular flexibility index (Phi) is 4.76. The van der Waals surface area contributed by atoms with Gasteiger partial charge in [0.15, 0.2) is 0 Å². The van der Waals surface area contributed by atoms with Crippen LogP contribution in [0.25, 0.3) is 11.3 Å². The SMILES string of the molecule is Cc1nnc(NC(=O)c2cn(Cc3ccccc3)nc2-c2ccccc2)s1. The summed E-state index contributed by atoms with van der Waals surface area (Å²) in [5.74, 6) is -0.246. The highest BCUT2D eigenvalue weighted by Gasteiger charge is 2.19. The zero-order valence-electron chi connectivity index (χ0n) is 14.7. The minimum Gasteiger partial charge on any atom is -0.296 e. The fourth-order valence-corrected chi connectivity index (χ4v) is 3.35. The summed E-state index contributed by atoms with van der Waals surface area (Å²) in [6.45, 7) is 2.44. The first-order valence-corrected chi connectivity index (χ1v) is 9.29. The molecule has 134 valence electrons. The van der Waals surface area contributed by atoms with E-state index in [-0.39, 0.29) is 5.91 Å². The number of benzene rings is 2. The second-order valence-electron chi connectivity index (χ2n) is 6.02. The molecule has 0 atom stereocenters. The van der Waals surface area contributed by atoms with Crippen molar-refractivity contribution in [3.63, 3.8) is 0 Å². The molecule has 0 aliphatic rings. The molecule has 0 bridgehead atoms. The van der Waals surface area contributed by atoms with Crippen molar-refractivity contribution in [2.75, 3.05) is 5.32 Å². The van der Waals surface area contributed by atoms with Gasteiger partial charge in [-0.1, -0.05) is 72.0 Å². The van der Waals surface area contributed by atoms with Gasteiger partial charge in [0.1, 0.15) is 10.7 Å². The van der Waals surface area contributed by atoms with Crippen LogP contribution < -0.4 is 5.32 Å². The Hall–Kier alpha value is -3.32. The first kappa shape index (κ1) is 17.1. The smallest absolute Gasteiger partial charge is 0.261 e. The Bertz CT molecular complexity index is 1060. The Morgan fingerprint density at radius 3 is 2.41 bits per heavy atom. The van der Waals surface area contributed by atoms with E-state index in [4.69, 9.17) is 0 Å². The largest absolute Gasteiger partial charge is 0.296 e. The number of anilines is 1. The molecule has 0 unspecified atom stereocenters. The molecule has 0 aliphatic carbocycles. The number of nitrogens with zero attached hydrogens (tertiary/aromatic N) is 4. The van der Waals surface area contributed by atoms with E-state index in [9.17, 15) is 4.79 Å². The minimum atomic E-state index is -0.246. The van der Waals surface area contributed by atoms with E-state index in [0.29, 0.717) is 22.9 Å². The van der Waals surface area contributed by atoms with Gasteiger partial charge in [0, 0.05) is 11.8 Å². The molecular weight excluding hydrogens is 358 g/mol. The Balaban J connectivity index is 1.68. The zero-order valence-corrected chi connectivity index (χ0v) is 15.5. The van der Waals surface area contributed by atoms with Gasteiger partial charge >= 0.3 is 0 Å². The molecule has 0 saturated carbocycles. The summed E-state index contributed by atoms with van der Waals surface area (Å²) in [5, 5.41) is 16.7. The third-order valence-corrected chi connectivity index (χ3v) is 4.74. The minimum absolute atomic E-state index is 0.246. The number of amides is 1. The standard InChI is InChI=1S/C20H17N5OS/c1-14-22-23-20(27-14)21-19(26)17-13-25(12-15-8-4-2-5-9-15)24-18(17)16-10-6-3-7-11-16/h2-11,13H,12H2,1H3,(H,21,23,26). The fourth-order valence-electron chi connectivity index (χ4n) is 2.76. The number of carbonyl (C=O) groups excluding carboxylic acids is 1. The highest BCUT2D eigenvalue weighted by Crippen LogP contribution is 2.24. The molecule has 0 aliphatic heterocycles. The molecule has 1 N–H and O–H groups in total. The lowest BCUT2D eigenvalue weighted by molar-refractivity contribution is 0.102. The van der Waals surface area contributed by atoms with Gasteiger partial charge in [0.2, 0.25) is 5.13 Å². The van der Waals surface area contributed by atoms with Crippen LogP contribution in [0, 0.1) is 6.92 Å². The molecule has 1 amide bonds. The van der Waals surface area contributed by atoms with Gasteiger partial charge in [0.25, 0.3) is 5.91 Å². The number of rotatable bonds is 5. The molecule has 0 fully saturated rings. The van der Waals surface area contributed by atoms with E-state index in [2.05, 4.69) is 20.6 Å². The maximum atomic E-state index is 12.9. The Morgan fingerprint density at radius 1 is 1.04 bits per heavy atom. The van der Waals surface area contributed by atoms with Crippen LogP contribution in [0.1, 0.15) is 20.9 Å². The number of carbonyl (C=O) groups is 1. The number of hydrogen-bond donors (Lipinski definition) is 1. The average Bonchev–Trinajstić information content (AvgIpc) is 3.29. The molecule has 2 aromatic carbocycles. The van der Waals surface area contributed by atoms with Crippen molar-refractivity contribution in [2.45, 2.75) is 13.5 Å². The van der Waals surface area contributed by atoms with Crippen molar-refractivity contribution in [1.29, 1.82) is 0 Å². The van der Waals surface area contributed by atoms with Crippen LogP contribution in [0.2, 0.25) is 0 Å². The molecule has 7 heteroatoms. The fraction of sp³-hybridized carbons (Fsp3) is 0.100. The third-order valence-electron chi connectivity index (χ3n) is 3.99. The van der Waals surface area contributed by atoms with Gasteiger partial charge in [-0.15, -0.1) is 10.2 Å². The zero-order chi connectivity index (χ0) is 18.6. The van der Waals surface area contributed by atoms with Crippen LogP contribution >= 0.6 is 11.3 Å². The highest BCUT2D eigenvalue weighted by atomic mass is 32.1. The molecular formula is C20H17N5OS. The van der Waals surface area contributed by atoms with Gasteiger partial charge in [-0.25, -0.2) is 0 Å². The summed E-state index contributed by atoms with van der Waals surface area (Å²) in [6, 6.07) is 19.7. The first-order valence-electron chi connectivity index (χ1n) is 8.47. The van der Waals surface area contributed by atoms with Gasteiger partial charge in [-0.2, -0.15) is 5.10 Å². The van der Waals surface area contributed by atoms with Gasteiger partial charge in [0.05, 0.1) is 12.1 Å². The van der Waals surface area contributed by atoms with E-state index in [0.717, 1.165) is 16.1 Å². The second-order valence-corrected chi connectivity index (χ2v) is 7.20. The molecule has 4 aromatic rings. The topological polar surface area (TPSA) is 72.7 Å². The van der Waals surface area contributed by atoms with Gasteiger partial charge in [-0.3, -0.25) is 14.8 Å². The predicted molar refractivity (Wildman–Crippen MR) is 106 cm³/mol. The van der Waals surface area contributed by atoms with E-state index in [1.54, 1.807) is 10.9 Å². The highest BCUT2D eigenvalue weighted by molar-refractivity contribution is 7.15. The van der Waals surface area contributed by atoms with Crippen molar-refractivity contribution in [3.8, 4) is 11.3 Å². The average molecular weight is 375 g/mol. The maximum absolute atomic E-state index is 12.9. The maximum Gasteiger partial charge on any atom is 0.261 e. The van der Waals surface area contributed by atoms with Crippen LogP contribution in [-0.4, -0.2) is 25.9 Å². The molecule has 2 heterocycles. The summed E-state index contributed by atoms with van der Waals surface area (Å²) >= 11 is 1.34. The second kappa shape index (κ2) is 7.51. The van der Waals surface area contributed by atoms with E-state index >= 15 is 0 Å². The van der Waals surface area contributed by atoms with Crippen molar-refractivity contribution >= 4 is 22.4 Å². The van der Waals surface area contributed by atoms with E-state index < -0.39 is 0 Å². The van der Waals surface area contributed by atoms with Gasteiger partial charge < -0.3 is 0 Å². The molecule has 6 nitrogen and oxygen atoms in total. The Morgan fingerprint density at radius 2 is 1.74 bits per heavy atom.